The van der Waals surface area contributed by atoms with Gasteiger partial charge in [0.25, 0.3) is 0 Å². The Morgan fingerprint density at radius 2 is 2.23 bits per heavy atom. The first kappa shape index (κ1) is 11.0. The lowest BCUT2D eigenvalue weighted by Crippen LogP contribution is -2.44. The summed E-state index contributed by atoms with van der Waals surface area (Å²) in [6, 6.07) is 0.797. The number of nitrogens with zero attached hydrogens (tertiary/aromatic N) is 1. The molecule has 2 heteroatoms. The van der Waals surface area contributed by atoms with Crippen molar-refractivity contribution in [1.29, 1.82) is 0 Å². The van der Waals surface area contributed by atoms with Crippen molar-refractivity contribution in [2.24, 2.45) is 0 Å². The molecule has 1 N–H and O–H groups in total. The third kappa shape index (κ3) is 4.10. The lowest BCUT2D eigenvalue weighted by molar-refractivity contribution is 0.200. The Hall–Kier alpha value is -0.0800. The van der Waals surface area contributed by atoms with Crippen molar-refractivity contribution in [1.82, 2.24) is 10.2 Å². The standard InChI is InChI=1S/C11H24N2/c1-3-4-5-9-13(2)11-7-6-8-12-10-11/h11-12H,3-10H2,1-2H3. The van der Waals surface area contributed by atoms with Crippen LogP contribution in [-0.2, 0) is 0 Å². The summed E-state index contributed by atoms with van der Waals surface area (Å²) in [7, 11) is 2.27. The number of hydrogen-bond acceptors (Lipinski definition) is 2. The number of likely N-dealkylation sites (N-methyl/N-ethyl adjacent to an activating group) is 1. The molecule has 1 atom stereocenters. The third-order valence-corrected chi connectivity index (χ3v) is 3.01. The largest absolute Gasteiger partial charge is 0.315 e. The zero-order valence-corrected chi connectivity index (χ0v) is 9.18. The zero-order chi connectivity index (χ0) is 9.52. The van der Waals surface area contributed by atoms with Gasteiger partial charge in [-0.2, -0.15) is 0 Å². The molecular weight excluding hydrogens is 160 g/mol. The van der Waals surface area contributed by atoms with Crippen LogP contribution >= 0.6 is 0 Å². The first-order valence-electron chi connectivity index (χ1n) is 5.75. The van der Waals surface area contributed by atoms with E-state index in [1.54, 1.807) is 0 Å². The summed E-state index contributed by atoms with van der Waals surface area (Å²) in [4.78, 5) is 2.53. The topological polar surface area (TPSA) is 15.3 Å². The van der Waals surface area contributed by atoms with E-state index >= 15 is 0 Å². The molecular formula is C11H24N2. The highest BCUT2D eigenvalue weighted by atomic mass is 15.1. The van der Waals surface area contributed by atoms with E-state index in [1.165, 1.54) is 51.7 Å². The van der Waals surface area contributed by atoms with Crippen LogP contribution in [0, 0.1) is 0 Å². The average Bonchev–Trinajstić information content (AvgIpc) is 2.19. The highest BCUT2D eigenvalue weighted by Crippen LogP contribution is 2.09. The summed E-state index contributed by atoms with van der Waals surface area (Å²) in [6.45, 7) is 5.96. The van der Waals surface area contributed by atoms with Gasteiger partial charge in [-0.05, 0) is 39.4 Å². The maximum Gasteiger partial charge on any atom is 0.0218 e. The normalized spacial score (nSPS) is 23.8. The second-order valence-electron chi connectivity index (χ2n) is 4.19. The number of unbranched alkanes of at least 4 members (excludes halogenated alkanes) is 2. The van der Waals surface area contributed by atoms with E-state index in [4.69, 9.17) is 0 Å². The van der Waals surface area contributed by atoms with Crippen LogP contribution in [0.25, 0.3) is 0 Å². The molecule has 13 heavy (non-hydrogen) atoms. The van der Waals surface area contributed by atoms with E-state index in [-0.39, 0.29) is 0 Å². The van der Waals surface area contributed by atoms with E-state index in [9.17, 15) is 0 Å². The summed E-state index contributed by atoms with van der Waals surface area (Å²) >= 11 is 0. The molecule has 0 radical (unpaired) electrons. The molecule has 1 saturated heterocycles. The summed E-state index contributed by atoms with van der Waals surface area (Å²) in [5.74, 6) is 0. The van der Waals surface area contributed by atoms with Gasteiger partial charge in [-0.3, -0.25) is 0 Å². The quantitative estimate of drug-likeness (QED) is 0.656. The van der Waals surface area contributed by atoms with Crippen LogP contribution in [0.15, 0.2) is 0 Å². The van der Waals surface area contributed by atoms with Gasteiger partial charge in [0, 0.05) is 12.6 Å². The molecule has 78 valence electrons. The number of nitrogens with one attached hydrogen (secondary N) is 1. The number of piperidine rings is 1. The Kier molecular flexibility index (Phi) is 5.40. The molecule has 0 spiro atoms. The molecule has 1 aliphatic heterocycles. The van der Waals surface area contributed by atoms with Crippen molar-refractivity contribution < 1.29 is 0 Å². The molecule has 0 aliphatic carbocycles. The van der Waals surface area contributed by atoms with Crippen LogP contribution in [0.1, 0.15) is 39.0 Å². The van der Waals surface area contributed by atoms with Gasteiger partial charge in [0.05, 0.1) is 0 Å². The third-order valence-electron chi connectivity index (χ3n) is 3.01. The van der Waals surface area contributed by atoms with Crippen LogP contribution in [0.5, 0.6) is 0 Å². The van der Waals surface area contributed by atoms with Crippen molar-refractivity contribution in [2.75, 3.05) is 26.7 Å². The average molecular weight is 184 g/mol. The number of hydrogen-bond donors (Lipinski definition) is 1. The highest BCUT2D eigenvalue weighted by molar-refractivity contribution is 4.76. The Labute approximate surface area is 82.7 Å². The summed E-state index contributed by atoms with van der Waals surface area (Å²) in [5, 5.41) is 3.46. The molecule has 0 aromatic carbocycles. The SMILES string of the molecule is CCCCCN(C)C1CCCNC1. The maximum absolute atomic E-state index is 3.46. The zero-order valence-electron chi connectivity index (χ0n) is 9.18. The minimum atomic E-state index is 0.797. The van der Waals surface area contributed by atoms with Crippen LogP contribution in [0.2, 0.25) is 0 Å². The maximum atomic E-state index is 3.46. The first-order valence-corrected chi connectivity index (χ1v) is 5.75. The fraction of sp³-hybridized carbons (Fsp3) is 1.00. The molecule has 2 nitrogen and oxygen atoms in total. The monoisotopic (exact) mass is 184 g/mol. The second-order valence-corrected chi connectivity index (χ2v) is 4.19. The summed E-state index contributed by atoms with van der Waals surface area (Å²) in [5.41, 5.74) is 0. The molecule has 1 aliphatic rings. The van der Waals surface area contributed by atoms with E-state index in [0.29, 0.717) is 0 Å². The summed E-state index contributed by atoms with van der Waals surface area (Å²) < 4.78 is 0. The van der Waals surface area contributed by atoms with Crippen LogP contribution < -0.4 is 5.32 Å². The van der Waals surface area contributed by atoms with Gasteiger partial charge in [0.1, 0.15) is 0 Å². The molecule has 0 amide bonds. The number of rotatable bonds is 5. The predicted molar refractivity (Wildman–Crippen MR) is 58.0 cm³/mol. The molecule has 1 fully saturated rings. The lowest BCUT2D eigenvalue weighted by Gasteiger charge is -2.31. The van der Waals surface area contributed by atoms with Gasteiger partial charge in [-0.25, -0.2) is 0 Å². The summed E-state index contributed by atoms with van der Waals surface area (Å²) in [6.07, 6.45) is 6.81. The van der Waals surface area contributed by atoms with Crippen LogP contribution in [-0.4, -0.2) is 37.6 Å². The molecule has 1 heterocycles. The van der Waals surface area contributed by atoms with E-state index in [0.717, 1.165) is 6.04 Å². The van der Waals surface area contributed by atoms with Gasteiger partial charge < -0.3 is 10.2 Å². The Balaban J connectivity index is 2.09. The van der Waals surface area contributed by atoms with Crippen molar-refractivity contribution in [3.63, 3.8) is 0 Å². The molecule has 1 unspecified atom stereocenters. The van der Waals surface area contributed by atoms with Gasteiger partial charge in [-0.1, -0.05) is 19.8 Å². The van der Waals surface area contributed by atoms with Gasteiger partial charge >= 0.3 is 0 Å². The van der Waals surface area contributed by atoms with Crippen LogP contribution in [0.4, 0.5) is 0 Å². The Morgan fingerprint density at radius 3 is 2.85 bits per heavy atom. The fourth-order valence-corrected chi connectivity index (χ4v) is 2.00. The molecule has 0 saturated carbocycles. The predicted octanol–water partition coefficient (Wildman–Crippen LogP) is 1.86. The highest BCUT2D eigenvalue weighted by Gasteiger charge is 2.16. The smallest absolute Gasteiger partial charge is 0.0218 e. The molecule has 1 rings (SSSR count). The minimum absolute atomic E-state index is 0.797. The van der Waals surface area contributed by atoms with Gasteiger partial charge in [-0.15, -0.1) is 0 Å². The second kappa shape index (κ2) is 6.39. The van der Waals surface area contributed by atoms with Crippen molar-refractivity contribution in [2.45, 2.75) is 45.1 Å². The van der Waals surface area contributed by atoms with E-state index in [2.05, 4.69) is 24.2 Å². The van der Waals surface area contributed by atoms with E-state index < -0.39 is 0 Å². The molecule has 0 bridgehead atoms. The van der Waals surface area contributed by atoms with Gasteiger partial charge in [0.2, 0.25) is 0 Å². The fourth-order valence-electron chi connectivity index (χ4n) is 2.00. The van der Waals surface area contributed by atoms with E-state index in [1.807, 2.05) is 0 Å². The van der Waals surface area contributed by atoms with Gasteiger partial charge in [0.15, 0.2) is 0 Å². The van der Waals surface area contributed by atoms with Crippen molar-refractivity contribution >= 4 is 0 Å². The minimum Gasteiger partial charge on any atom is -0.315 e. The Morgan fingerprint density at radius 1 is 1.38 bits per heavy atom. The molecule has 0 aromatic heterocycles. The van der Waals surface area contributed by atoms with Crippen molar-refractivity contribution in [3.05, 3.63) is 0 Å². The van der Waals surface area contributed by atoms with Crippen LogP contribution in [0.3, 0.4) is 0 Å². The van der Waals surface area contributed by atoms with Crippen molar-refractivity contribution in [3.8, 4) is 0 Å². The Bertz CT molecular complexity index is 119. The molecule has 0 aromatic rings. The lowest BCUT2D eigenvalue weighted by atomic mass is 10.1. The first-order chi connectivity index (χ1) is 6.34.